The van der Waals surface area contributed by atoms with Crippen LogP contribution >= 0.6 is 22.9 Å². The highest BCUT2D eigenvalue weighted by atomic mass is 35.5. The number of benzene rings is 1. The standard InChI is InChI=1S/C16H21ClN2O2S2/c1-6-19-11(2)14(16(3,4)5)22-15(19)18-23(20,21)13-9-7-12(17)8-10-13/h7-10H,6H2,1-5H3/b18-15+. The highest BCUT2D eigenvalue weighted by molar-refractivity contribution is 7.90. The van der Waals surface area contributed by atoms with Crippen LogP contribution in [0, 0.1) is 6.92 Å². The molecule has 0 amide bonds. The normalized spacial score (nSPS) is 13.6. The van der Waals surface area contributed by atoms with E-state index in [1.165, 1.54) is 23.5 Å². The maximum absolute atomic E-state index is 12.5. The van der Waals surface area contributed by atoms with Gasteiger partial charge in [0, 0.05) is 22.1 Å². The van der Waals surface area contributed by atoms with Crippen molar-refractivity contribution in [1.82, 2.24) is 4.57 Å². The third kappa shape index (κ3) is 3.87. The van der Waals surface area contributed by atoms with Crippen LogP contribution in [0.2, 0.25) is 5.02 Å². The van der Waals surface area contributed by atoms with Gasteiger partial charge in [0.25, 0.3) is 10.0 Å². The number of hydrogen-bond acceptors (Lipinski definition) is 3. The van der Waals surface area contributed by atoms with Gasteiger partial charge in [-0.05, 0) is 43.5 Å². The number of aromatic nitrogens is 1. The Balaban J connectivity index is 2.65. The molecule has 0 radical (unpaired) electrons. The quantitative estimate of drug-likeness (QED) is 0.813. The van der Waals surface area contributed by atoms with Crippen LogP contribution in [0.4, 0.5) is 0 Å². The summed E-state index contributed by atoms with van der Waals surface area (Å²) in [6, 6.07) is 6.06. The van der Waals surface area contributed by atoms with E-state index in [-0.39, 0.29) is 10.3 Å². The van der Waals surface area contributed by atoms with E-state index in [0.717, 1.165) is 10.6 Å². The first-order chi connectivity index (χ1) is 10.6. The minimum absolute atomic E-state index is 0.0521. The minimum Gasteiger partial charge on any atom is -0.320 e. The summed E-state index contributed by atoms with van der Waals surface area (Å²) >= 11 is 7.25. The minimum atomic E-state index is -3.76. The third-order valence-electron chi connectivity index (χ3n) is 3.46. The Kier molecular flexibility index (Phi) is 5.09. The van der Waals surface area contributed by atoms with Gasteiger partial charge in [0.2, 0.25) is 4.80 Å². The van der Waals surface area contributed by atoms with E-state index in [9.17, 15) is 8.42 Å². The molecule has 7 heteroatoms. The molecule has 1 heterocycles. The number of rotatable bonds is 3. The fourth-order valence-corrected chi connectivity index (χ4v) is 4.97. The highest BCUT2D eigenvalue weighted by Gasteiger charge is 2.22. The van der Waals surface area contributed by atoms with Gasteiger partial charge in [-0.15, -0.1) is 15.7 Å². The molecule has 0 saturated carbocycles. The summed E-state index contributed by atoms with van der Waals surface area (Å²) in [4.78, 5) is 1.79. The Labute approximate surface area is 146 Å². The van der Waals surface area contributed by atoms with Crippen LogP contribution in [0.5, 0.6) is 0 Å². The fraction of sp³-hybridized carbons (Fsp3) is 0.438. The van der Waals surface area contributed by atoms with Gasteiger partial charge in [0.05, 0.1) is 4.90 Å². The van der Waals surface area contributed by atoms with Crippen molar-refractivity contribution >= 4 is 33.0 Å². The molecule has 0 aliphatic heterocycles. The van der Waals surface area contributed by atoms with Gasteiger partial charge in [0.1, 0.15) is 0 Å². The van der Waals surface area contributed by atoms with E-state index in [2.05, 4.69) is 25.2 Å². The molecule has 4 nitrogen and oxygen atoms in total. The molecule has 0 bridgehead atoms. The molecule has 0 atom stereocenters. The molecule has 0 aliphatic carbocycles. The van der Waals surface area contributed by atoms with E-state index in [1.54, 1.807) is 12.1 Å². The zero-order chi connectivity index (χ0) is 17.4. The molecule has 0 unspecified atom stereocenters. The molecular weight excluding hydrogens is 352 g/mol. The lowest BCUT2D eigenvalue weighted by Gasteiger charge is -2.17. The number of thiazole rings is 1. The average molecular weight is 373 g/mol. The molecule has 23 heavy (non-hydrogen) atoms. The Hall–Kier alpha value is -1.11. The Bertz CT molecular complexity index is 870. The van der Waals surface area contributed by atoms with Gasteiger partial charge in [-0.3, -0.25) is 0 Å². The summed E-state index contributed by atoms with van der Waals surface area (Å²) in [6.07, 6.45) is 0. The summed E-state index contributed by atoms with van der Waals surface area (Å²) in [5, 5.41) is 0.495. The van der Waals surface area contributed by atoms with Crippen molar-refractivity contribution in [3.63, 3.8) is 0 Å². The van der Waals surface area contributed by atoms with Gasteiger partial charge >= 0.3 is 0 Å². The van der Waals surface area contributed by atoms with Crippen LogP contribution in [0.15, 0.2) is 33.6 Å². The van der Waals surface area contributed by atoms with Crippen molar-refractivity contribution in [2.75, 3.05) is 0 Å². The molecule has 126 valence electrons. The van der Waals surface area contributed by atoms with Crippen LogP contribution in [0.25, 0.3) is 0 Å². The maximum atomic E-state index is 12.5. The second-order valence-electron chi connectivity index (χ2n) is 6.31. The second-order valence-corrected chi connectivity index (χ2v) is 9.33. The van der Waals surface area contributed by atoms with Crippen molar-refractivity contribution in [2.45, 2.75) is 51.5 Å². The van der Waals surface area contributed by atoms with Crippen LogP contribution in [-0.2, 0) is 22.0 Å². The fourth-order valence-electron chi connectivity index (χ4n) is 2.38. The van der Waals surface area contributed by atoms with Crippen LogP contribution in [0.3, 0.4) is 0 Å². The Morgan fingerprint density at radius 3 is 2.26 bits per heavy atom. The third-order valence-corrected chi connectivity index (χ3v) is 6.72. The van der Waals surface area contributed by atoms with Gasteiger partial charge < -0.3 is 4.57 Å². The second kappa shape index (κ2) is 6.42. The van der Waals surface area contributed by atoms with Gasteiger partial charge in [-0.25, -0.2) is 0 Å². The predicted octanol–water partition coefficient (Wildman–Crippen LogP) is 4.12. The highest BCUT2D eigenvalue weighted by Crippen LogP contribution is 2.28. The number of halogens is 1. The molecule has 1 aromatic carbocycles. The molecule has 0 spiro atoms. The van der Waals surface area contributed by atoms with E-state index in [4.69, 9.17) is 11.6 Å². The Morgan fingerprint density at radius 2 is 1.78 bits per heavy atom. The summed E-state index contributed by atoms with van der Waals surface area (Å²) < 4.78 is 31.1. The maximum Gasteiger partial charge on any atom is 0.285 e. The van der Waals surface area contributed by atoms with Crippen molar-refractivity contribution in [2.24, 2.45) is 4.40 Å². The van der Waals surface area contributed by atoms with Crippen LogP contribution in [0.1, 0.15) is 38.3 Å². The molecule has 0 aliphatic rings. The van der Waals surface area contributed by atoms with E-state index in [0.29, 0.717) is 16.4 Å². The number of nitrogens with zero attached hydrogens (tertiary/aromatic N) is 2. The summed E-state index contributed by atoms with van der Waals surface area (Å²) in [7, 11) is -3.76. The van der Waals surface area contributed by atoms with Crippen LogP contribution < -0.4 is 4.80 Å². The molecular formula is C16H21ClN2O2S2. The number of sulfonamides is 1. The van der Waals surface area contributed by atoms with Gasteiger partial charge in [-0.2, -0.15) is 8.42 Å². The molecule has 0 N–H and O–H groups in total. The van der Waals surface area contributed by atoms with E-state index < -0.39 is 10.0 Å². The lowest BCUT2D eigenvalue weighted by molar-refractivity contribution is 0.585. The molecule has 1 aromatic heterocycles. The van der Waals surface area contributed by atoms with Gasteiger partial charge in [0.15, 0.2) is 0 Å². The molecule has 2 rings (SSSR count). The monoisotopic (exact) mass is 372 g/mol. The predicted molar refractivity (Wildman–Crippen MR) is 95.6 cm³/mol. The van der Waals surface area contributed by atoms with Crippen molar-refractivity contribution < 1.29 is 8.42 Å². The van der Waals surface area contributed by atoms with Crippen molar-refractivity contribution in [1.29, 1.82) is 0 Å². The molecule has 0 saturated heterocycles. The zero-order valence-electron chi connectivity index (χ0n) is 13.9. The summed E-state index contributed by atoms with van der Waals surface area (Å²) in [6.45, 7) is 11.0. The zero-order valence-corrected chi connectivity index (χ0v) is 16.3. The first-order valence-electron chi connectivity index (χ1n) is 7.33. The first kappa shape index (κ1) is 18.2. The largest absolute Gasteiger partial charge is 0.320 e. The van der Waals surface area contributed by atoms with Crippen molar-refractivity contribution in [3.05, 3.63) is 44.7 Å². The molecule has 0 fully saturated rings. The topological polar surface area (TPSA) is 51.4 Å². The van der Waals surface area contributed by atoms with E-state index in [1.807, 2.05) is 18.4 Å². The lowest BCUT2D eigenvalue weighted by atomic mass is 9.93. The smallest absolute Gasteiger partial charge is 0.285 e. The number of hydrogen-bond donors (Lipinski definition) is 0. The first-order valence-corrected chi connectivity index (χ1v) is 9.97. The van der Waals surface area contributed by atoms with Crippen molar-refractivity contribution in [3.8, 4) is 0 Å². The summed E-state index contributed by atoms with van der Waals surface area (Å²) in [5.74, 6) is 0. The summed E-state index contributed by atoms with van der Waals surface area (Å²) in [5.41, 5.74) is 1.01. The molecule has 2 aromatic rings. The van der Waals surface area contributed by atoms with Gasteiger partial charge in [-0.1, -0.05) is 32.4 Å². The van der Waals surface area contributed by atoms with E-state index >= 15 is 0 Å². The van der Waals surface area contributed by atoms with Crippen LogP contribution in [-0.4, -0.2) is 13.0 Å². The Morgan fingerprint density at radius 1 is 1.22 bits per heavy atom. The lowest BCUT2D eigenvalue weighted by Crippen LogP contribution is -2.17. The SMILES string of the molecule is CCn1c(C)c(C(C)(C)C)s/c1=N/S(=O)(=O)c1ccc(Cl)cc1. The average Bonchev–Trinajstić information content (AvgIpc) is 2.74.